The maximum Gasteiger partial charge on any atom is 0.334 e. The molecule has 1 aromatic rings. The largest absolute Gasteiger partial charge is 0.508 e. The van der Waals surface area contributed by atoms with Crippen LogP contribution in [-0.4, -0.2) is 39.8 Å². The third-order valence-electron chi connectivity index (χ3n) is 1.85. The first-order valence-corrected chi connectivity index (χ1v) is 4.49. The number of phenolic OH excluding ortho intramolecular Hbond substituents is 1. The molecule has 1 unspecified atom stereocenters. The SMILES string of the molecule is O=C(NCC(O)C(=O)O)c1cccc(O)c1. The van der Waals surface area contributed by atoms with Crippen molar-refractivity contribution in [2.75, 3.05) is 6.54 Å². The van der Waals surface area contributed by atoms with Gasteiger partial charge < -0.3 is 20.6 Å². The molecule has 1 aromatic carbocycles. The first-order chi connectivity index (χ1) is 7.50. The van der Waals surface area contributed by atoms with E-state index in [0.29, 0.717) is 0 Å². The van der Waals surface area contributed by atoms with Gasteiger partial charge in [0.05, 0.1) is 6.54 Å². The quantitative estimate of drug-likeness (QED) is 0.556. The first-order valence-electron chi connectivity index (χ1n) is 4.49. The Morgan fingerprint density at radius 3 is 2.62 bits per heavy atom. The molecule has 0 aliphatic carbocycles. The van der Waals surface area contributed by atoms with Crippen LogP contribution in [0.2, 0.25) is 0 Å². The molecule has 0 aliphatic rings. The zero-order valence-electron chi connectivity index (χ0n) is 8.25. The molecule has 6 heteroatoms. The Balaban J connectivity index is 2.56. The Bertz CT molecular complexity index is 404. The zero-order valence-corrected chi connectivity index (χ0v) is 8.25. The number of aliphatic carboxylic acids is 1. The van der Waals surface area contributed by atoms with Crippen molar-refractivity contribution in [3.63, 3.8) is 0 Å². The Kier molecular flexibility index (Phi) is 3.84. The number of carboxylic acid groups (broad SMARTS) is 1. The van der Waals surface area contributed by atoms with Crippen LogP contribution >= 0.6 is 0 Å². The average Bonchev–Trinajstić information content (AvgIpc) is 2.25. The van der Waals surface area contributed by atoms with Crippen LogP contribution in [0.4, 0.5) is 0 Å². The molecule has 0 radical (unpaired) electrons. The van der Waals surface area contributed by atoms with E-state index < -0.39 is 18.0 Å². The summed E-state index contributed by atoms with van der Waals surface area (Å²) < 4.78 is 0. The van der Waals surface area contributed by atoms with Gasteiger partial charge in [0.15, 0.2) is 6.10 Å². The van der Waals surface area contributed by atoms with E-state index in [1.807, 2.05) is 0 Å². The number of rotatable bonds is 4. The van der Waals surface area contributed by atoms with Crippen LogP contribution < -0.4 is 5.32 Å². The number of phenols is 1. The van der Waals surface area contributed by atoms with Crippen molar-refractivity contribution in [2.24, 2.45) is 0 Å². The fourth-order valence-corrected chi connectivity index (χ4v) is 1.03. The predicted octanol–water partition coefficient (Wildman–Crippen LogP) is -0.433. The average molecular weight is 225 g/mol. The lowest BCUT2D eigenvalue weighted by molar-refractivity contribution is -0.146. The second-order valence-electron chi connectivity index (χ2n) is 3.11. The molecular weight excluding hydrogens is 214 g/mol. The van der Waals surface area contributed by atoms with Gasteiger partial charge in [0.2, 0.25) is 0 Å². The van der Waals surface area contributed by atoms with Gasteiger partial charge in [0.25, 0.3) is 5.91 Å². The number of benzene rings is 1. The lowest BCUT2D eigenvalue weighted by Crippen LogP contribution is -2.36. The number of aliphatic hydroxyl groups is 1. The summed E-state index contributed by atoms with van der Waals surface area (Å²) in [5.41, 5.74) is 0.192. The second-order valence-corrected chi connectivity index (χ2v) is 3.11. The minimum Gasteiger partial charge on any atom is -0.508 e. The van der Waals surface area contributed by atoms with Crippen LogP contribution in [0.3, 0.4) is 0 Å². The van der Waals surface area contributed by atoms with Crippen LogP contribution in [0.15, 0.2) is 24.3 Å². The lowest BCUT2D eigenvalue weighted by atomic mass is 10.2. The highest BCUT2D eigenvalue weighted by molar-refractivity contribution is 5.94. The van der Waals surface area contributed by atoms with Crippen molar-refractivity contribution in [1.82, 2.24) is 5.32 Å². The number of aromatic hydroxyl groups is 1. The Morgan fingerprint density at radius 1 is 1.38 bits per heavy atom. The number of carboxylic acids is 1. The van der Waals surface area contributed by atoms with Gasteiger partial charge in [-0.2, -0.15) is 0 Å². The highest BCUT2D eigenvalue weighted by Gasteiger charge is 2.14. The molecule has 1 rings (SSSR count). The molecule has 0 saturated heterocycles. The van der Waals surface area contributed by atoms with E-state index in [4.69, 9.17) is 15.3 Å². The molecule has 0 aliphatic heterocycles. The van der Waals surface area contributed by atoms with Gasteiger partial charge in [-0.05, 0) is 18.2 Å². The van der Waals surface area contributed by atoms with Gasteiger partial charge in [-0.1, -0.05) is 6.07 Å². The van der Waals surface area contributed by atoms with Crippen molar-refractivity contribution in [2.45, 2.75) is 6.10 Å². The summed E-state index contributed by atoms with van der Waals surface area (Å²) in [7, 11) is 0. The van der Waals surface area contributed by atoms with Gasteiger partial charge in [0, 0.05) is 5.56 Å². The van der Waals surface area contributed by atoms with Crippen LogP contribution in [0, 0.1) is 0 Å². The van der Waals surface area contributed by atoms with Crippen LogP contribution in [0.5, 0.6) is 5.75 Å². The standard InChI is InChI=1S/C10H11NO5/c12-7-3-1-2-6(4-7)9(14)11-5-8(13)10(15)16/h1-4,8,12-13H,5H2,(H,11,14)(H,15,16). The number of carbonyl (C=O) groups excluding carboxylic acids is 1. The number of aliphatic hydroxyl groups excluding tert-OH is 1. The molecule has 6 nitrogen and oxygen atoms in total. The van der Waals surface area contributed by atoms with E-state index in [9.17, 15) is 9.59 Å². The Morgan fingerprint density at radius 2 is 2.06 bits per heavy atom. The highest BCUT2D eigenvalue weighted by atomic mass is 16.4. The predicted molar refractivity (Wildman–Crippen MR) is 54.1 cm³/mol. The molecule has 0 saturated carbocycles. The third-order valence-corrected chi connectivity index (χ3v) is 1.85. The summed E-state index contributed by atoms with van der Waals surface area (Å²) >= 11 is 0. The highest BCUT2D eigenvalue weighted by Crippen LogP contribution is 2.10. The van der Waals surface area contributed by atoms with Crippen LogP contribution in [0.25, 0.3) is 0 Å². The van der Waals surface area contributed by atoms with Crippen molar-refractivity contribution >= 4 is 11.9 Å². The van der Waals surface area contributed by atoms with Crippen molar-refractivity contribution < 1.29 is 24.9 Å². The Hall–Kier alpha value is -2.08. The smallest absolute Gasteiger partial charge is 0.334 e. The molecular formula is C10H11NO5. The molecule has 1 atom stereocenters. The Labute approximate surface area is 91.1 Å². The molecule has 4 N–H and O–H groups in total. The fourth-order valence-electron chi connectivity index (χ4n) is 1.03. The van der Waals surface area contributed by atoms with E-state index in [1.165, 1.54) is 24.3 Å². The summed E-state index contributed by atoms with van der Waals surface area (Å²) in [5.74, 6) is -2.03. The second kappa shape index (κ2) is 5.13. The lowest BCUT2D eigenvalue weighted by Gasteiger charge is -2.07. The van der Waals surface area contributed by atoms with Gasteiger partial charge in [-0.25, -0.2) is 4.79 Å². The minimum absolute atomic E-state index is 0.0635. The molecule has 86 valence electrons. The molecule has 0 fully saturated rings. The van der Waals surface area contributed by atoms with E-state index in [2.05, 4.69) is 5.32 Å². The molecule has 0 bridgehead atoms. The summed E-state index contributed by atoms with van der Waals surface area (Å²) in [5, 5.41) is 28.6. The summed E-state index contributed by atoms with van der Waals surface area (Å²) in [6, 6.07) is 5.59. The number of hydrogen-bond donors (Lipinski definition) is 4. The topological polar surface area (TPSA) is 107 Å². The molecule has 1 amide bonds. The summed E-state index contributed by atoms with van der Waals surface area (Å²) in [6.07, 6.45) is -1.64. The zero-order chi connectivity index (χ0) is 12.1. The monoisotopic (exact) mass is 225 g/mol. The summed E-state index contributed by atoms with van der Waals surface area (Å²) in [4.78, 5) is 21.7. The normalized spacial score (nSPS) is 11.8. The van der Waals surface area contributed by atoms with Crippen molar-refractivity contribution in [3.8, 4) is 5.75 Å². The van der Waals surface area contributed by atoms with Gasteiger partial charge in [0.1, 0.15) is 5.75 Å². The number of hydrogen-bond acceptors (Lipinski definition) is 4. The van der Waals surface area contributed by atoms with Gasteiger partial charge >= 0.3 is 5.97 Å². The summed E-state index contributed by atoms with van der Waals surface area (Å²) in [6.45, 7) is -0.385. The number of carbonyl (C=O) groups is 2. The molecule has 16 heavy (non-hydrogen) atoms. The van der Waals surface area contributed by atoms with Gasteiger partial charge in [-0.15, -0.1) is 0 Å². The maximum atomic E-state index is 11.4. The molecule has 0 spiro atoms. The van der Waals surface area contributed by atoms with Crippen LogP contribution in [-0.2, 0) is 4.79 Å². The van der Waals surface area contributed by atoms with E-state index in [0.717, 1.165) is 0 Å². The minimum atomic E-state index is -1.64. The fraction of sp³-hybridized carbons (Fsp3) is 0.200. The number of amides is 1. The van der Waals surface area contributed by atoms with E-state index in [-0.39, 0.29) is 17.9 Å². The van der Waals surface area contributed by atoms with Crippen molar-refractivity contribution in [3.05, 3.63) is 29.8 Å². The molecule has 0 aromatic heterocycles. The van der Waals surface area contributed by atoms with E-state index >= 15 is 0 Å². The maximum absolute atomic E-state index is 11.4. The molecule has 0 heterocycles. The van der Waals surface area contributed by atoms with Crippen molar-refractivity contribution in [1.29, 1.82) is 0 Å². The first kappa shape index (κ1) is 12.0. The van der Waals surface area contributed by atoms with E-state index in [1.54, 1.807) is 0 Å². The number of nitrogens with one attached hydrogen (secondary N) is 1. The van der Waals surface area contributed by atoms with Gasteiger partial charge in [-0.3, -0.25) is 4.79 Å². The van der Waals surface area contributed by atoms with Crippen LogP contribution in [0.1, 0.15) is 10.4 Å². The third kappa shape index (κ3) is 3.25.